The van der Waals surface area contributed by atoms with Crippen LogP contribution in [-0.4, -0.2) is 58.4 Å². The molecular weight excluding hydrogens is 510 g/mol. The van der Waals surface area contributed by atoms with Crippen LogP contribution in [0.1, 0.15) is 71.7 Å². The van der Waals surface area contributed by atoms with E-state index < -0.39 is 35.5 Å². The first-order valence-electron chi connectivity index (χ1n) is 13.8. The number of hydrazine groups is 1. The van der Waals surface area contributed by atoms with E-state index in [0.717, 1.165) is 16.5 Å². The fourth-order valence-electron chi connectivity index (χ4n) is 4.74. The number of rotatable bonds is 1. The average molecular weight is 550 g/mol. The maximum absolute atomic E-state index is 13.2. The third-order valence-electron chi connectivity index (χ3n) is 7.35. The zero-order valence-electron chi connectivity index (χ0n) is 24.0. The zero-order chi connectivity index (χ0) is 29.2. The normalized spacial score (nSPS) is 26.4. The largest absolute Gasteiger partial charge is 0.451 e. The standard InChI is InChI=1S/C30H39N5O5/c1-17(2)25-27(37)32-19(4)28(38)35-15-7-8-23(34-35)26(36)31-18(3)22-12-11-21-10-9-20(16-24(21)33-22)13-14-30(5,6)29(39)40-25/h9-14,16-19,23,25,34H,7-8,15H2,1-6H3,(H,31,36)(H,32,37)/t18-,19+,23+,25+/m1/s1. The van der Waals surface area contributed by atoms with Crippen LogP contribution < -0.4 is 16.1 Å². The predicted molar refractivity (Wildman–Crippen MR) is 151 cm³/mol. The number of fused-ring (bicyclic) bond motifs is 4. The number of ether oxygens (including phenoxy) is 1. The Morgan fingerprint density at radius 1 is 1.00 bits per heavy atom. The minimum absolute atomic E-state index is 0.236. The second-order valence-corrected chi connectivity index (χ2v) is 11.6. The third kappa shape index (κ3) is 6.50. The van der Waals surface area contributed by atoms with E-state index >= 15 is 0 Å². The van der Waals surface area contributed by atoms with Crippen molar-refractivity contribution in [3.63, 3.8) is 0 Å². The molecule has 0 radical (unpaired) electrons. The number of esters is 1. The van der Waals surface area contributed by atoms with Crippen LogP contribution in [0.15, 0.2) is 36.4 Å². The van der Waals surface area contributed by atoms with Crippen molar-refractivity contribution in [1.82, 2.24) is 26.1 Å². The summed E-state index contributed by atoms with van der Waals surface area (Å²) in [5.41, 5.74) is 4.30. The van der Waals surface area contributed by atoms with Gasteiger partial charge in [0.25, 0.3) is 11.8 Å². The highest BCUT2D eigenvalue weighted by Gasteiger charge is 2.36. The van der Waals surface area contributed by atoms with Gasteiger partial charge in [-0.2, -0.15) is 0 Å². The Hall–Kier alpha value is -3.79. The van der Waals surface area contributed by atoms with E-state index in [1.807, 2.05) is 43.3 Å². The molecule has 0 spiro atoms. The Kier molecular flexibility index (Phi) is 8.58. The second kappa shape index (κ2) is 11.8. The van der Waals surface area contributed by atoms with Gasteiger partial charge in [-0.25, -0.2) is 5.43 Å². The molecule has 4 rings (SSSR count). The Morgan fingerprint density at radius 3 is 2.42 bits per heavy atom. The number of cyclic esters (lactones) is 1. The minimum atomic E-state index is -1.08. The van der Waals surface area contributed by atoms with Gasteiger partial charge in [0.05, 0.1) is 22.7 Å². The second-order valence-electron chi connectivity index (χ2n) is 11.6. The Morgan fingerprint density at radius 2 is 1.70 bits per heavy atom. The summed E-state index contributed by atoms with van der Waals surface area (Å²) in [5, 5.41) is 8.03. The first kappa shape index (κ1) is 29.2. The van der Waals surface area contributed by atoms with Crippen molar-refractivity contribution in [1.29, 1.82) is 0 Å². The van der Waals surface area contributed by atoms with Gasteiger partial charge in [0.1, 0.15) is 12.1 Å². The van der Waals surface area contributed by atoms with Gasteiger partial charge in [-0.3, -0.25) is 29.2 Å². The van der Waals surface area contributed by atoms with Gasteiger partial charge in [-0.05, 0) is 64.2 Å². The van der Waals surface area contributed by atoms with E-state index in [2.05, 4.69) is 16.1 Å². The average Bonchev–Trinajstić information content (AvgIpc) is 2.92. The molecule has 10 nitrogen and oxygen atoms in total. The van der Waals surface area contributed by atoms with Crippen molar-refractivity contribution in [2.75, 3.05) is 6.54 Å². The summed E-state index contributed by atoms with van der Waals surface area (Å²) in [7, 11) is 0. The van der Waals surface area contributed by atoms with Gasteiger partial charge in [0.2, 0.25) is 5.91 Å². The molecule has 3 N–H and O–H groups in total. The highest BCUT2D eigenvalue weighted by molar-refractivity contribution is 5.91. The lowest BCUT2D eigenvalue weighted by Gasteiger charge is -2.35. The lowest BCUT2D eigenvalue weighted by atomic mass is 9.92. The summed E-state index contributed by atoms with van der Waals surface area (Å²) < 4.78 is 5.70. The van der Waals surface area contributed by atoms with Gasteiger partial charge in [0.15, 0.2) is 6.10 Å². The van der Waals surface area contributed by atoms with Crippen LogP contribution in [0.4, 0.5) is 0 Å². The number of benzene rings is 1. The predicted octanol–water partition coefficient (Wildman–Crippen LogP) is 3.03. The number of hydrogen-bond acceptors (Lipinski definition) is 7. The minimum Gasteiger partial charge on any atom is -0.451 e. The van der Waals surface area contributed by atoms with Gasteiger partial charge in [-0.1, -0.05) is 44.2 Å². The molecule has 3 amide bonds. The number of nitrogens with zero attached hydrogens (tertiary/aromatic N) is 2. The SMILES string of the molecule is CC(C)[C@@H]1OC(=O)C(C)(C)C=Cc2ccc3ccc(nc3c2)[C@@H](C)NC(=O)[C@@H]2CCCN(N2)C(=O)[C@H](C)NC1=O. The fourth-order valence-corrected chi connectivity index (χ4v) is 4.74. The van der Waals surface area contributed by atoms with E-state index in [9.17, 15) is 19.2 Å². The van der Waals surface area contributed by atoms with Crippen LogP contribution in [0.25, 0.3) is 17.0 Å². The van der Waals surface area contributed by atoms with Crippen LogP contribution in [0.2, 0.25) is 0 Å². The molecule has 3 heterocycles. The molecule has 0 aliphatic carbocycles. The Bertz CT molecular complexity index is 1340. The Labute approximate surface area is 234 Å². The molecule has 214 valence electrons. The van der Waals surface area contributed by atoms with Crippen LogP contribution in [-0.2, 0) is 23.9 Å². The molecule has 2 aromatic rings. The number of carbonyl (C=O) groups is 4. The lowest BCUT2D eigenvalue weighted by Crippen LogP contribution is -2.61. The van der Waals surface area contributed by atoms with Crippen molar-refractivity contribution < 1.29 is 23.9 Å². The van der Waals surface area contributed by atoms with Gasteiger partial charge >= 0.3 is 5.97 Å². The maximum Gasteiger partial charge on any atom is 0.316 e. The summed E-state index contributed by atoms with van der Waals surface area (Å²) in [6.07, 6.45) is 3.67. The monoisotopic (exact) mass is 549 g/mol. The van der Waals surface area contributed by atoms with E-state index in [0.29, 0.717) is 25.1 Å². The van der Waals surface area contributed by atoms with E-state index in [1.165, 1.54) is 5.01 Å². The topological polar surface area (TPSA) is 130 Å². The van der Waals surface area contributed by atoms with Crippen LogP contribution >= 0.6 is 0 Å². The Balaban J connectivity index is 1.70. The lowest BCUT2D eigenvalue weighted by molar-refractivity contribution is -0.165. The van der Waals surface area contributed by atoms with Crippen molar-refractivity contribution >= 4 is 40.7 Å². The van der Waals surface area contributed by atoms with Gasteiger partial charge < -0.3 is 15.4 Å². The molecule has 0 unspecified atom stereocenters. The molecule has 1 saturated heterocycles. The van der Waals surface area contributed by atoms with Crippen LogP contribution in [0, 0.1) is 11.3 Å². The number of carbonyl (C=O) groups excluding carboxylic acids is 4. The molecule has 1 aromatic carbocycles. The summed E-state index contributed by atoms with van der Waals surface area (Å²) in [5.74, 6) is -2.04. The summed E-state index contributed by atoms with van der Waals surface area (Å²) in [6, 6.07) is 7.78. The molecule has 2 aliphatic heterocycles. The molecule has 0 saturated carbocycles. The van der Waals surface area contributed by atoms with Crippen LogP contribution in [0.5, 0.6) is 0 Å². The number of hydrogen-bond donors (Lipinski definition) is 3. The molecule has 1 aromatic heterocycles. The summed E-state index contributed by atoms with van der Waals surface area (Å²) >= 11 is 0. The van der Waals surface area contributed by atoms with Crippen molar-refractivity contribution in [2.45, 2.75) is 78.6 Å². The maximum atomic E-state index is 13.2. The molecule has 4 atom stereocenters. The number of pyridine rings is 1. The molecular formula is C30H39N5O5. The van der Waals surface area contributed by atoms with E-state index in [-0.39, 0.29) is 23.8 Å². The first-order chi connectivity index (χ1) is 18.9. The highest BCUT2D eigenvalue weighted by Crippen LogP contribution is 2.25. The highest BCUT2D eigenvalue weighted by atomic mass is 16.5. The van der Waals surface area contributed by atoms with Gasteiger partial charge in [-0.15, -0.1) is 0 Å². The zero-order valence-corrected chi connectivity index (χ0v) is 24.0. The number of amides is 3. The summed E-state index contributed by atoms with van der Waals surface area (Å²) in [6.45, 7) is 10.9. The molecule has 40 heavy (non-hydrogen) atoms. The number of nitrogens with one attached hydrogen (secondary N) is 3. The molecule has 1 fully saturated rings. The van der Waals surface area contributed by atoms with Crippen LogP contribution in [0.3, 0.4) is 0 Å². The fraction of sp³-hybridized carbons (Fsp3) is 0.500. The number of aromatic nitrogens is 1. The van der Waals surface area contributed by atoms with E-state index in [1.54, 1.807) is 40.7 Å². The first-order valence-corrected chi connectivity index (χ1v) is 13.8. The van der Waals surface area contributed by atoms with Crippen molar-refractivity contribution in [2.24, 2.45) is 11.3 Å². The van der Waals surface area contributed by atoms with Crippen molar-refractivity contribution in [3.8, 4) is 0 Å². The molecule has 2 aliphatic rings. The molecule has 5 bridgehead atoms. The van der Waals surface area contributed by atoms with E-state index in [4.69, 9.17) is 9.72 Å². The summed E-state index contributed by atoms with van der Waals surface area (Å²) in [4.78, 5) is 57.5. The third-order valence-corrected chi connectivity index (χ3v) is 7.35. The quantitative estimate of drug-likeness (QED) is 0.466. The smallest absolute Gasteiger partial charge is 0.316 e. The van der Waals surface area contributed by atoms with Gasteiger partial charge in [0, 0.05) is 11.9 Å². The van der Waals surface area contributed by atoms with Crippen molar-refractivity contribution in [3.05, 3.63) is 47.7 Å². The molecule has 10 heteroatoms.